The van der Waals surface area contributed by atoms with E-state index >= 15 is 0 Å². The molecule has 0 bridgehead atoms. The van der Waals surface area contributed by atoms with Gasteiger partial charge in [0.2, 0.25) is 10.0 Å². The lowest BCUT2D eigenvalue weighted by molar-refractivity contribution is -0.123. The molecule has 0 spiro atoms. The molecule has 2 rings (SSSR count). The highest BCUT2D eigenvalue weighted by atomic mass is 32.2. The summed E-state index contributed by atoms with van der Waals surface area (Å²) in [6.07, 6.45) is -1.03. The Hall–Kier alpha value is -2.65. The Morgan fingerprint density at radius 2 is 1.68 bits per heavy atom. The number of amides is 1. The molecule has 1 aromatic carbocycles. The maximum atomic E-state index is 12.5. The molecule has 0 radical (unpaired) electrons. The third kappa shape index (κ3) is 4.79. The second-order valence-electron chi connectivity index (χ2n) is 6.85. The molecule has 152 valence electrons. The molecule has 1 amide bonds. The summed E-state index contributed by atoms with van der Waals surface area (Å²) in [5, 5.41) is 7.60. The second-order valence-corrected chi connectivity index (χ2v) is 8.42. The van der Waals surface area contributed by atoms with E-state index in [1.807, 2.05) is 32.3 Å². The molecule has 0 aliphatic rings. The highest BCUT2D eigenvalue weighted by molar-refractivity contribution is 7.89. The van der Waals surface area contributed by atoms with Crippen molar-refractivity contribution in [3.63, 3.8) is 0 Å². The fourth-order valence-electron chi connectivity index (χ4n) is 3.03. The van der Waals surface area contributed by atoms with E-state index in [0.717, 1.165) is 11.4 Å². The van der Waals surface area contributed by atoms with Gasteiger partial charge < -0.3 is 14.6 Å². The average molecular weight is 407 g/mol. The topological polar surface area (TPSA) is 120 Å². The number of hydrogen-bond donors (Lipinski definition) is 2. The van der Waals surface area contributed by atoms with Gasteiger partial charge in [-0.3, -0.25) is 4.79 Å². The van der Waals surface area contributed by atoms with Gasteiger partial charge in [-0.2, -0.15) is 0 Å². The monoisotopic (exact) mass is 407 g/mol. The molecule has 9 heteroatoms. The number of rotatable bonds is 6. The Bertz CT molecular complexity index is 991. The number of nitrogens with one attached hydrogen (secondary N) is 1. The van der Waals surface area contributed by atoms with E-state index in [9.17, 15) is 18.0 Å². The third-order valence-corrected chi connectivity index (χ3v) is 5.25. The quantitative estimate of drug-likeness (QED) is 0.713. The predicted molar refractivity (Wildman–Crippen MR) is 106 cm³/mol. The van der Waals surface area contributed by atoms with E-state index in [-0.39, 0.29) is 10.9 Å². The minimum absolute atomic E-state index is 0.0644. The highest BCUT2D eigenvalue weighted by Gasteiger charge is 2.23. The Balaban J connectivity index is 2.06. The van der Waals surface area contributed by atoms with Crippen LogP contribution in [-0.4, -0.2) is 31.0 Å². The van der Waals surface area contributed by atoms with Gasteiger partial charge in [-0.25, -0.2) is 18.4 Å². The first-order valence-electron chi connectivity index (χ1n) is 8.75. The molecular weight excluding hydrogens is 382 g/mol. The number of hydrogen-bond acceptors (Lipinski definition) is 5. The van der Waals surface area contributed by atoms with Crippen LogP contribution in [0.15, 0.2) is 35.2 Å². The molecule has 28 heavy (non-hydrogen) atoms. The first-order valence-corrected chi connectivity index (χ1v) is 10.3. The Kier molecular flexibility index (Phi) is 6.30. The van der Waals surface area contributed by atoms with Crippen LogP contribution in [0.25, 0.3) is 0 Å². The number of aromatic nitrogens is 1. The molecule has 1 atom stereocenters. The van der Waals surface area contributed by atoms with Crippen LogP contribution in [0.4, 0.5) is 5.69 Å². The first kappa shape index (κ1) is 21.6. The SMILES string of the molecule is Cc1cc(C(=O)O[C@@H](C)C(=O)Nc2ccc(S(N)(=O)=O)cc2)c(C)n1C(C)C. The molecule has 0 aliphatic heterocycles. The summed E-state index contributed by atoms with van der Waals surface area (Å²) in [6.45, 7) is 9.25. The van der Waals surface area contributed by atoms with Gasteiger partial charge in [0.05, 0.1) is 10.5 Å². The summed E-state index contributed by atoms with van der Waals surface area (Å²) in [5.41, 5.74) is 2.50. The number of aryl methyl sites for hydroxylation is 1. The van der Waals surface area contributed by atoms with Crippen LogP contribution in [0.2, 0.25) is 0 Å². The lowest BCUT2D eigenvalue weighted by atomic mass is 10.2. The van der Waals surface area contributed by atoms with Crippen LogP contribution < -0.4 is 10.5 Å². The molecule has 0 unspecified atom stereocenters. The summed E-state index contributed by atoms with van der Waals surface area (Å²) >= 11 is 0. The van der Waals surface area contributed by atoms with Crippen molar-refractivity contribution in [2.75, 3.05) is 5.32 Å². The fraction of sp³-hybridized carbons (Fsp3) is 0.368. The number of nitrogens with two attached hydrogens (primary N) is 1. The molecule has 0 saturated carbocycles. The van der Waals surface area contributed by atoms with Crippen molar-refractivity contribution in [2.24, 2.45) is 5.14 Å². The van der Waals surface area contributed by atoms with Gasteiger partial charge in [0, 0.05) is 23.1 Å². The fourth-order valence-corrected chi connectivity index (χ4v) is 3.54. The number of benzene rings is 1. The molecule has 1 aromatic heterocycles. The minimum Gasteiger partial charge on any atom is -0.449 e. The molecular formula is C19H25N3O5S. The lowest BCUT2D eigenvalue weighted by Crippen LogP contribution is -2.30. The van der Waals surface area contributed by atoms with Crippen LogP contribution in [0.1, 0.15) is 48.6 Å². The van der Waals surface area contributed by atoms with E-state index in [1.165, 1.54) is 31.2 Å². The zero-order chi connectivity index (χ0) is 21.2. The van der Waals surface area contributed by atoms with Crippen molar-refractivity contribution < 1.29 is 22.7 Å². The second kappa shape index (κ2) is 8.15. The lowest BCUT2D eigenvalue weighted by Gasteiger charge is -2.15. The van der Waals surface area contributed by atoms with E-state index < -0.39 is 28.0 Å². The van der Waals surface area contributed by atoms with E-state index in [0.29, 0.717) is 11.3 Å². The molecule has 0 saturated heterocycles. The Morgan fingerprint density at radius 3 is 2.14 bits per heavy atom. The van der Waals surface area contributed by atoms with Gasteiger partial charge in [0.15, 0.2) is 6.10 Å². The normalized spacial score (nSPS) is 12.7. The summed E-state index contributed by atoms with van der Waals surface area (Å²) in [5.74, 6) is -1.11. The van der Waals surface area contributed by atoms with Gasteiger partial charge in [-0.1, -0.05) is 0 Å². The standard InChI is InChI=1S/C19H25N3O5S/c1-11(2)22-12(3)10-17(13(22)4)19(24)27-14(5)18(23)21-15-6-8-16(9-7-15)28(20,25)26/h6-11,14H,1-5H3,(H,21,23)(H2,20,25,26)/t14-/m0/s1. The van der Waals surface area contributed by atoms with Gasteiger partial charge in [-0.05, 0) is 65.0 Å². The first-order chi connectivity index (χ1) is 12.9. The predicted octanol–water partition coefficient (Wildman–Crippen LogP) is 2.52. The summed E-state index contributed by atoms with van der Waals surface area (Å²) < 4.78 is 29.8. The molecule has 2 aromatic rings. The number of nitrogens with zero attached hydrogens (tertiary/aromatic N) is 1. The summed E-state index contributed by atoms with van der Waals surface area (Å²) in [7, 11) is -3.81. The van der Waals surface area contributed by atoms with Crippen LogP contribution in [0.5, 0.6) is 0 Å². The van der Waals surface area contributed by atoms with Gasteiger partial charge in [-0.15, -0.1) is 0 Å². The van der Waals surface area contributed by atoms with Crippen LogP contribution in [-0.2, 0) is 19.6 Å². The number of primary sulfonamides is 1. The van der Waals surface area contributed by atoms with Gasteiger partial charge in [0.25, 0.3) is 5.91 Å². The van der Waals surface area contributed by atoms with Crippen molar-refractivity contribution >= 4 is 27.6 Å². The third-order valence-electron chi connectivity index (χ3n) is 4.32. The number of esters is 1. The number of sulfonamides is 1. The van der Waals surface area contributed by atoms with Crippen LogP contribution in [0, 0.1) is 13.8 Å². The van der Waals surface area contributed by atoms with Crippen molar-refractivity contribution in [3.05, 3.63) is 47.3 Å². The zero-order valence-corrected chi connectivity index (χ0v) is 17.3. The molecule has 3 N–H and O–H groups in total. The zero-order valence-electron chi connectivity index (χ0n) is 16.5. The number of carbonyl (C=O) groups is 2. The molecule has 8 nitrogen and oxygen atoms in total. The van der Waals surface area contributed by atoms with Gasteiger partial charge >= 0.3 is 5.97 Å². The number of ether oxygens (including phenoxy) is 1. The van der Waals surface area contributed by atoms with Gasteiger partial charge in [0.1, 0.15) is 0 Å². The molecule has 0 aliphatic carbocycles. The molecule has 0 fully saturated rings. The number of carbonyl (C=O) groups excluding carboxylic acids is 2. The smallest absolute Gasteiger partial charge is 0.340 e. The van der Waals surface area contributed by atoms with Crippen molar-refractivity contribution in [1.82, 2.24) is 4.57 Å². The van der Waals surface area contributed by atoms with E-state index in [1.54, 1.807) is 6.07 Å². The minimum atomic E-state index is -3.81. The number of anilines is 1. The summed E-state index contributed by atoms with van der Waals surface area (Å²) in [6, 6.07) is 7.31. The van der Waals surface area contributed by atoms with Crippen LogP contribution >= 0.6 is 0 Å². The highest BCUT2D eigenvalue weighted by Crippen LogP contribution is 2.21. The van der Waals surface area contributed by atoms with E-state index in [2.05, 4.69) is 5.32 Å². The van der Waals surface area contributed by atoms with Crippen molar-refractivity contribution in [2.45, 2.75) is 51.7 Å². The van der Waals surface area contributed by atoms with Crippen molar-refractivity contribution in [1.29, 1.82) is 0 Å². The van der Waals surface area contributed by atoms with E-state index in [4.69, 9.17) is 9.88 Å². The largest absolute Gasteiger partial charge is 0.449 e. The maximum Gasteiger partial charge on any atom is 0.340 e. The van der Waals surface area contributed by atoms with Crippen LogP contribution in [0.3, 0.4) is 0 Å². The Morgan fingerprint density at radius 1 is 1.11 bits per heavy atom. The molecule has 1 heterocycles. The van der Waals surface area contributed by atoms with Crippen molar-refractivity contribution in [3.8, 4) is 0 Å². The Labute approximate surface area is 164 Å². The summed E-state index contributed by atoms with van der Waals surface area (Å²) in [4.78, 5) is 24.7. The average Bonchev–Trinajstić information content (AvgIpc) is 2.89. The maximum absolute atomic E-state index is 12.5.